The van der Waals surface area contributed by atoms with E-state index in [1.165, 1.54) is 25.9 Å². The first-order chi connectivity index (χ1) is 11.7. The molecule has 152 valence electrons. The molecule has 0 N–H and O–H groups in total. The molecule has 1 atom stereocenters. The molecule has 25 heavy (non-hydrogen) atoms. The Morgan fingerprint density at radius 1 is 0.560 bits per heavy atom. The van der Waals surface area contributed by atoms with Crippen molar-refractivity contribution in [3.8, 4) is 0 Å². The quantitative estimate of drug-likeness (QED) is 0.402. The molecule has 0 aromatic heterocycles. The zero-order valence-electron chi connectivity index (χ0n) is 18.3. The Bertz CT molecular complexity index is 300. The summed E-state index contributed by atoms with van der Waals surface area (Å²) in [4.78, 5) is 11.5. The van der Waals surface area contributed by atoms with E-state index in [-0.39, 0.29) is 6.10 Å². The highest BCUT2D eigenvalue weighted by Gasteiger charge is 2.13. The van der Waals surface area contributed by atoms with E-state index in [9.17, 15) is 0 Å². The Morgan fingerprint density at radius 2 is 1.08 bits per heavy atom. The van der Waals surface area contributed by atoms with E-state index in [1.807, 2.05) is 0 Å². The van der Waals surface area contributed by atoms with Gasteiger partial charge in [-0.15, -0.1) is 0 Å². The first-order valence-electron chi connectivity index (χ1n) is 9.63. The number of nitrogens with zero attached hydrogens (tertiary/aromatic N) is 5. The van der Waals surface area contributed by atoms with E-state index < -0.39 is 0 Å². The summed E-state index contributed by atoms with van der Waals surface area (Å²) in [5, 5.41) is 0. The minimum atomic E-state index is 0.276. The molecule has 0 aliphatic rings. The van der Waals surface area contributed by atoms with Crippen molar-refractivity contribution in [3.05, 3.63) is 0 Å². The predicted molar refractivity (Wildman–Crippen MR) is 110 cm³/mol. The standard InChI is InChI=1S/C19H45N5O/c1-20(2)11-9-12-23(7)13-10-14-24(8)18-19(17-22(5)6)25-16-15-21(3)4/h19H,9-18H2,1-8H3. The monoisotopic (exact) mass is 359 g/mol. The lowest BCUT2D eigenvalue weighted by atomic mass is 10.3. The maximum atomic E-state index is 6.10. The largest absolute Gasteiger partial charge is 0.374 e. The SMILES string of the molecule is CN(C)CCCN(C)CCCN(C)CC(CN(C)C)OCCN(C)C. The molecular weight excluding hydrogens is 314 g/mol. The first-order valence-corrected chi connectivity index (χ1v) is 9.63. The second kappa shape index (κ2) is 14.9. The average molecular weight is 360 g/mol. The third-order valence-electron chi connectivity index (χ3n) is 4.20. The predicted octanol–water partition coefficient (Wildman–Crippen LogP) is 0.700. The molecule has 0 fully saturated rings. The van der Waals surface area contributed by atoms with Gasteiger partial charge in [-0.3, -0.25) is 0 Å². The van der Waals surface area contributed by atoms with Crippen LogP contribution in [0.4, 0.5) is 0 Å². The highest BCUT2D eigenvalue weighted by atomic mass is 16.5. The number of hydrogen-bond donors (Lipinski definition) is 0. The van der Waals surface area contributed by atoms with Gasteiger partial charge in [-0.05, 0) is 95.4 Å². The normalized spacial score (nSPS) is 13.8. The van der Waals surface area contributed by atoms with E-state index in [4.69, 9.17) is 4.74 Å². The van der Waals surface area contributed by atoms with Gasteiger partial charge in [0.1, 0.15) is 0 Å². The van der Waals surface area contributed by atoms with Crippen LogP contribution in [0.15, 0.2) is 0 Å². The van der Waals surface area contributed by atoms with Crippen molar-refractivity contribution in [1.82, 2.24) is 24.5 Å². The molecule has 0 aromatic carbocycles. The molecule has 0 rings (SSSR count). The smallest absolute Gasteiger partial charge is 0.0828 e. The Labute approximate surface area is 157 Å². The summed E-state index contributed by atoms with van der Waals surface area (Å²) in [5.74, 6) is 0. The fourth-order valence-electron chi connectivity index (χ4n) is 2.79. The van der Waals surface area contributed by atoms with Crippen molar-refractivity contribution in [2.24, 2.45) is 0 Å². The van der Waals surface area contributed by atoms with Crippen molar-refractivity contribution in [2.75, 3.05) is 109 Å². The van der Waals surface area contributed by atoms with Crippen LogP contribution in [0.3, 0.4) is 0 Å². The third kappa shape index (κ3) is 17.0. The van der Waals surface area contributed by atoms with Gasteiger partial charge in [0.05, 0.1) is 12.7 Å². The molecule has 0 bridgehead atoms. The van der Waals surface area contributed by atoms with E-state index >= 15 is 0 Å². The molecule has 0 radical (unpaired) electrons. The molecule has 0 saturated carbocycles. The van der Waals surface area contributed by atoms with Gasteiger partial charge in [0.2, 0.25) is 0 Å². The van der Waals surface area contributed by atoms with Crippen LogP contribution in [0.2, 0.25) is 0 Å². The van der Waals surface area contributed by atoms with Crippen molar-refractivity contribution in [3.63, 3.8) is 0 Å². The lowest BCUT2D eigenvalue weighted by molar-refractivity contribution is 0.00997. The van der Waals surface area contributed by atoms with Crippen LogP contribution < -0.4 is 0 Å². The summed E-state index contributed by atoms with van der Waals surface area (Å²) in [6.07, 6.45) is 2.73. The number of hydrogen-bond acceptors (Lipinski definition) is 6. The number of likely N-dealkylation sites (N-methyl/N-ethyl adjacent to an activating group) is 3. The van der Waals surface area contributed by atoms with Crippen LogP contribution in [0.5, 0.6) is 0 Å². The van der Waals surface area contributed by atoms with Crippen molar-refractivity contribution in [2.45, 2.75) is 18.9 Å². The molecule has 0 aliphatic carbocycles. The average Bonchev–Trinajstić information content (AvgIpc) is 2.45. The van der Waals surface area contributed by atoms with Crippen molar-refractivity contribution < 1.29 is 4.74 Å². The molecule has 0 saturated heterocycles. The number of ether oxygens (including phenoxy) is 1. The highest BCUT2D eigenvalue weighted by Crippen LogP contribution is 2.00. The second-order valence-electron chi connectivity index (χ2n) is 8.13. The fraction of sp³-hybridized carbons (Fsp3) is 1.00. The van der Waals surface area contributed by atoms with Gasteiger partial charge in [0.25, 0.3) is 0 Å². The zero-order chi connectivity index (χ0) is 19.2. The summed E-state index contributed by atoms with van der Waals surface area (Å²) in [7, 11) is 17.1. The van der Waals surface area contributed by atoms with Crippen LogP contribution in [-0.2, 0) is 4.74 Å². The summed E-state index contributed by atoms with van der Waals surface area (Å²) in [6.45, 7) is 8.38. The molecule has 6 heteroatoms. The molecule has 1 unspecified atom stereocenters. The van der Waals surface area contributed by atoms with Gasteiger partial charge in [0.15, 0.2) is 0 Å². The summed E-state index contributed by atoms with van der Waals surface area (Å²) in [6, 6.07) is 0. The van der Waals surface area contributed by atoms with Gasteiger partial charge < -0.3 is 29.2 Å². The lowest BCUT2D eigenvalue weighted by Crippen LogP contribution is -2.40. The lowest BCUT2D eigenvalue weighted by Gasteiger charge is -2.27. The molecule has 0 aromatic rings. The van der Waals surface area contributed by atoms with Gasteiger partial charge in [-0.25, -0.2) is 0 Å². The maximum absolute atomic E-state index is 6.10. The van der Waals surface area contributed by atoms with E-state index in [0.717, 1.165) is 39.3 Å². The molecule has 0 aliphatic heterocycles. The van der Waals surface area contributed by atoms with Crippen molar-refractivity contribution >= 4 is 0 Å². The Balaban J connectivity index is 3.97. The van der Waals surface area contributed by atoms with E-state index in [0.29, 0.717) is 0 Å². The minimum Gasteiger partial charge on any atom is -0.374 e. The van der Waals surface area contributed by atoms with E-state index in [1.54, 1.807) is 0 Å². The van der Waals surface area contributed by atoms with Crippen LogP contribution in [0.1, 0.15) is 12.8 Å². The highest BCUT2D eigenvalue weighted by molar-refractivity contribution is 4.67. The molecular formula is C19H45N5O. The van der Waals surface area contributed by atoms with Crippen LogP contribution in [-0.4, -0.2) is 139 Å². The van der Waals surface area contributed by atoms with E-state index in [2.05, 4.69) is 80.9 Å². The van der Waals surface area contributed by atoms with Gasteiger partial charge >= 0.3 is 0 Å². The van der Waals surface area contributed by atoms with Crippen LogP contribution in [0.25, 0.3) is 0 Å². The Kier molecular flexibility index (Phi) is 14.7. The maximum Gasteiger partial charge on any atom is 0.0828 e. The van der Waals surface area contributed by atoms with Gasteiger partial charge in [0, 0.05) is 19.6 Å². The molecule has 0 spiro atoms. The Hall–Kier alpha value is -0.240. The summed E-state index contributed by atoms with van der Waals surface area (Å²) >= 11 is 0. The zero-order valence-corrected chi connectivity index (χ0v) is 18.3. The summed E-state index contributed by atoms with van der Waals surface area (Å²) in [5.41, 5.74) is 0. The fourth-order valence-corrected chi connectivity index (χ4v) is 2.79. The third-order valence-corrected chi connectivity index (χ3v) is 4.20. The first kappa shape index (κ1) is 24.8. The van der Waals surface area contributed by atoms with Gasteiger partial charge in [-0.1, -0.05) is 0 Å². The van der Waals surface area contributed by atoms with Crippen LogP contribution >= 0.6 is 0 Å². The van der Waals surface area contributed by atoms with Crippen LogP contribution in [0, 0.1) is 0 Å². The second-order valence-corrected chi connectivity index (χ2v) is 8.13. The summed E-state index contributed by atoms with van der Waals surface area (Å²) < 4.78 is 6.10. The molecule has 6 nitrogen and oxygen atoms in total. The molecule has 0 amide bonds. The topological polar surface area (TPSA) is 25.4 Å². The number of rotatable bonds is 16. The van der Waals surface area contributed by atoms with Gasteiger partial charge in [-0.2, -0.15) is 0 Å². The molecule has 0 heterocycles. The minimum absolute atomic E-state index is 0.276. The van der Waals surface area contributed by atoms with Crippen molar-refractivity contribution in [1.29, 1.82) is 0 Å². The Morgan fingerprint density at radius 3 is 1.60 bits per heavy atom.